The molecule has 94 valence electrons. The van der Waals surface area contributed by atoms with Gasteiger partial charge in [0.05, 0.1) is 0 Å². The van der Waals surface area contributed by atoms with Crippen LogP contribution in [-0.4, -0.2) is 5.78 Å². The average Bonchev–Trinajstić information content (AvgIpc) is 2.77. The molecule has 0 aliphatic carbocycles. The van der Waals surface area contributed by atoms with Gasteiger partial charge in [0, 0.05) is 20.9 Å². The molecule has 0 bridgehead atoms. The molecule has 2 heteroatoms. The van der Waals surface area contributed by atoms with Crippen LogP contribution < -0.4 is 0 Å². The van der Waals surface area contributed by atoms with Crippen molar-refractivity contribution in [1.29, 1.82) is 0 Å². The minimum absolute atomic E-state index is 0.122. The highest BCUT2D eigenvalue weighted by Gasteiger charge is 2.18. The first-order chi connectivity index (χ1) is 8.39. The Hall–Kier alpha value is -1.41. The van der Waals surface area contributed by atoms with E-state index in [9.17, 15) is 4.79 Å². The molecule has 0 radical (unpaired) electrons. The molecule has 0 unspecified atom stereocenters. The van der Waals surface area contributed by atoms with Crippen molar-refractivity contribution in [3.63, 3.8) is 0 Å². The van der Waals surface area contributed by atoms with E-state index in [0.717, 1.165) is 11.1 Å². The normalized spacial score (nSPS) is 11.6. The molecule has 1 nitrogen and oxygen atoms in total. The van der Waals surface area contributed by atoms with Crippen molar-refractivity contribution >= 4 is 17.1 Å². The van der Waals surface area contributed by atoms with Crippen molar-refractivity contribution in [2.45, 2.75) is 33.1 Å². The summed E-state index contributed by atoms with van der Waals surface area (Å²) in [4.78, 5) is 14.2. The molecule has 0 aliphatic rings. The lowest BCUT2D eigenvalue weighted by atomic mass is 9.95. The molecule has 1 aromatic carbocycles. The summed E-state index contributed by atoms with van der Waals surface area (Å²) >= 11 is 1.77. The molecule has 0 atom stereocenters. The molecule has 0 saturated carbocycles. The Bertz CT molecular complexity index is 573. The third-order valence-corrected chi connectivity index (χ3v) is 4.46. The standard InChI is InChI=1S/C16H18OS/c1-11(17)12-7-5-6-8-13(12)14-9-10-15(18-14)16(2,3)4/h5-10H,1-4H3. The predicted molar refractivity (Wildman–Crippen MR) is 78.5 cm³/mol. The molecular formula is C16H18OS. The van der Waals surface area contributed by atoms with Crippen molar-refractivity contribution in [2.75, 3.05) is 0 Å². The van der Waals surface area contributed by atoms with Crippen LogP contribution >= 0.6 is 11.3 Å². The molecule has 0 N–H and O–H groups in total. The summed E-state index contributed by atoms with van der Waals surface area (Å²) < 4.78 is 0. The molecule has 2 rings (SSSR count). The summed E-state index contributed by atoms with van der Waals surface area (Å²) in [6.07, 6.45) is 0. The quantitative estimate of drug-likeness (QED) is 0.699. The van der Waals surface area contributed by atoms with E-state index < -0.39 is 0 Å². The van der Waals surface area contributed by atoms with E-state index >= 15 is 0 Å². The number of carbonyl (C=O) groups excluding carboxylic acids is 1. The predicted octanol–water partition coefficient (Wildman–Crippen LogP) is 4.92. The first kappa shape index (κ1) is 13.0. The third-order valence-electron chi connectivity index (χ3n) is 2.92. The summed E-state index contributed by atoms with van der Waals surface area (Å²) in [6.45, 7) is 8.25. The van der Waals surface area contributed by atoms with Crippen molar-refractivity contribution in [3.05, 3.63) is 46.8 Å². The van der Waals surface area contributed by atoms with Crippen LogP contribution in [0.25, 0.3) is 10.4 Å². The van der Waals surface area contributed by atoms with E-state index in [1.807, 2.05) is 24.3 Å². The van der Waals surface area contributed by atoms with Gasteiger partial charge >= 0.3 is 0 Å². The molecule has 0 amide bonds. The van der Waals surface area contributed by atoms with Crippen LogP contribution in [0, 0.1) is 0 Å². The van der Waals surface area contributed by atoms with E-state index in [1.54, 1.807) is 18.3 Å². The van der Waals surface area contributed by atoms with Crippen molar-refractivity contribution in [3.8, 4) is 10.4 Å². The zero-order valence-corrected chi connectivity index (χ0v) is 12.1. The van der Waals surface area contributed by atoms with Gasteiger partial charge in [-0.05, 0) is 24.5 Å². The number of hydrogen-bond acceptors (Lipinski definition) is 2. The molecule has 0 aliphatic heterocycles. The van der Waals surface area contributed by atoms with Crippen LogP contribution in [0.2, 0.25) is 0 Å². The number of rotatable bonds is 2. The monoisotopic (exact) mass is 258 g/mol. The zero-order chi connectivity index (χ0) is 13.3. The van der Waals surface area contributed by atoms with Gasteiger partial charge in [-0.15, -0.1) is 11.3 Å². The van der Waals surface area contributed by atoms with Gasteiger partial charge in [0.25, 0.3) is 0 Å². The second kappa shape index (κ2) is 4.69. The number of ketones is 1. The number of Topliss-reactive ketones (excluding diaryl/α,β-unsaturated/α-hetero) is 1. The highest BCUT2D eigenvalue weighted by molar-refractivity contribution is 7.15. The fourth-order valence-electron chi connectivity index (χ4n) is 1.89. The van der Waals surface area contributed by atoms with Gasteiger partial charge in [-0.2, -0.15) is 0 Å². The van der Waals surface area contributed by atoms with E-state index in [0.29, 0.717) is 0 Å². The van der Waals surface area contributed by atoms with E-state index in [2.05, 4.69) is 32.9 Å². The minimum atomic E-state index is 0.122. The zero-order valence-electron chi connectivity index (χ0n) is 11.3. The molecule has 0 fully saturated rings. The highest BCUT2D eigenvalue weighted by Crippen LogP contribution is 2.36. The lowest BCUT2D eigenvalue weighted by molar-refractivity contribution is 0.101. The second-order valence-corrected chi connectivity index (χ2v) is 6.60. The van der Waals surface area contributed by atoms with E-state index in [-0.39, 0.29) is 11.2 Å². The summed E-state index contributed by atoms with van der Waals surface area (Å²) in [5, 5.41) is 0. The van der Waals surface area contributed by atoms with Crippen LogP contribution in [-0.2, 0) is 5.41 Å². The molecule has 1 aromatic heterocycles. The van der Waals surface area contributed by atoms with E-state index in [1.165, 1.54) is 9.75 Å². The topological polar surface area (TPSA) is 17.1 Å². The average molecular weight is 258 g/mol. The van der Waals surface area contributed by atoms with Gasteiger partial charge in [-0.3, -0.25) is 4.79 Å². The van der Waals surface area contributed by atoms with Crippen LogP contribution in [0.1, 0.15) is 42.9 Å². The Balaban J connectivity index is 2.50. The second-order valence-electron chi connectivity index (χ2n) is 5.52. The summed E-state index contributed by atoms with van der Waals surface area (Å²) in [5.41, 5.74) is 2.01. The van der Waals surface area contributed by atoms with Crippen LogP contribution in [0.4, 0.5) is 0 Å². The molecular weight excluding hydrogens is 240 g/mol. The first-order valence-corrected chi connectivity index (χ1v) is 6.92. The molecule has 2 aromatic rings. The van der Waals surface area contributed by atoms with Crippen LogP contribution in [0.15, 0.2) is 36.4 Å². The lowest BCUT2D eigenvalue weighted by Crippen LogP contribution is -2.07. The molecule has 18 heavy (non-hydrogen) atoms. The lowest BCUT2D eigenvalue weighted by Gasteiger charge is -2.15. The van der Waals surface area contributed by atoms with Crippen LogP contribution in [0.3, 0.4) is 0 Å². The number of hydrogen-bond donors (Lipinski definition) is 0. The fourth-order valence-corrected chi connectivity index (χ4v) is 2.99. The maximum Gasteiger partial charge on any atom is 0.160 e. The van der Waals surface area contributed by atoms with Gasteiger partial charge in [0.1, 0.15) is 0 Å². The van der Waals surface area contributed by atoms with Gasteiger partial charge < -0.3 is 0 Å². The smallest absolute Gasteiger partial charge is 0.160 e. The maximum absolute atomic E-state index is 11.6. The van der Waals surface area contributed by atoms with Gasteiger partial charge in [0.2, 0.25) is 0 Å². The van der Waals surface area contributed by atoms with Crippen LogP contribution in [0.5, 0.6) is 0 Å². The third kappa shape index (κ3) is 2.54. The Kier molecular flexibility index (Phi) is 3.40. The van der Waals surface area contributed by atoms with Crippen molar-refractivity contribution < 1.29 is 4.79 Å². The minimum Gasteiger partial charge on any atom is -0.294 e. The van der Waals surface area contributed by atoms with Gasteiger partial charge in [-0.1, -0.05) is 45.0 Å². The van der Waals surface area contributed by atoms with E-state index in [4.69, 9.17) is 0 Å². The Labute approximate surface area is 112 Å². The molecule has 0 spiro atoms. The van der Waals surface area contributed by atoms with Crippen molar-refractivity contribution in [1.82, 2.24) is 0 Å². The van der Waals surface area contributed by atoms with Gasteiger partial charge in [-0.25, -0.2) is 0 Å². The summed E-state index contributed by atoms with van der Waals surface area (Å²) in [6, 6.07) is 12.1. The Morgan fingerprint density at radius 2 is 1.72 bits per heavy atom. The summed E-state index contributed by atoms with van der Waals surface area (Å²) in [7, 11) is 0. The number of carbonyl (C=O) groups is 1. The fraction of sp³-hybridized carbons (Fsp3) is 0.312. The molecule has 0 saturated heterocycles. The maximum atomic E-state index is 11.6. The Morgan fingerprint density at radius 3 is 2.28 bits per heavy atom. The van der Waals surface area contributed by atoms with Crippen molar-refractivity contribution in [2.24, 2.45) is 0 Å². The molecule has 1 heterocycles. The number of thiophene rings is 1. The SMILES string of the molecule is CC(=O)c1ccccc1-c1ccc(C(C)(C)C)s1. The highest BCUT2D eigenvalue weighted by atomic mass is 32.1. The largest absolute Gasteiger partial charge is 0.294 e. The number of benzene rings is 1. The first-order valence-electron chi connectivity index (χ1n) is 6.10. The summed E-state index contributed by atoms with van der Waals surface area (Å²) in [5.74, 6) is 0.122. The Morgan fingerprint density at radius 1 is 1.06 bits per heavy atom. The van der Waals surface area contributed by atoms with Gasteiger partial charge in [0.15, 0.2) is 5.78 Å².